The fourth-order valence-corrected chi connectivity index (χ4v) is 7.84. The standard InChI is InChI=1S/C23H19ClF3NO4S/c1-2-23(30)10-13-3-4-14(11-23)21(13)33(31,32)19-7-12(5-6-16(19)24)22(29)28-15-8-17(25)20(27)18(26)9-15/h1,5-9,13-14,21,30H,3-4,10-11H2,(H,28,29)/t13-,14?,21+,23-/m0/s1. The van der Waals surface area contributed by atoms with Crippen molar-refractivity contribution >= 4 is 33.0 Å². The van der Waals surface area contributed by atoms with Gasteiger partial charge in [-0.1, -0.05) is 17.5 Å². The minimum Gasteiger partial charge on any atom is -0.378 e. The van der Waals surface area contributed by atoms with Crippen molar-refractivity contribution in [1.82, 2.24) is 0 Å². The Morgan fingerprint density at radius 3 is 2.24 bits per heavy atom. The number of fused-ring (bicyclic) bond motifs is 2. The molecule has 33 heavy (non-hydrogen) atoms. The molecule has 2 N–H and O–H groups in total. The number of hydrogen-bond acceptors (Lipinski definition) is 4. The van der Waals surface area contributed by atoms with Crippen LogP contribution in [0.3, 0.4) is 0 Å². The van der Waals surface area contributed by atoms with E-state index in [1.165, 1.54) is 12.1 Å². The van der Waals surface area contributed by atoms with Gasteiger partial charge in [0.1, 0.15) is 5.60 Å². The lowest BCUT2D eigenvalue weighted by Gasteiger charge is -2.38. The van der Waals surface area contributed by atoms with Crippen LogP contribution in [0.5, 0.6) is 0 Å². The topological polar surface area (TPSA) is 83.5 Å². The number of carbonyl (C=O) groups is 1. The highest BCUT2D eigenvalue weighted by Crippen LogP contribution is 2.51. The van der Waals surface area contributed by atoms with Crippen molar-refractivity contribution in [3.63, 3.8) is 0 Å². The quantitative estimate of drug-likeness (QED) is 0.486. The molecule has 174 valence electrons. The molecule has 0 spiro atoms. The van der Waals surface area contributed by atoms with E-state index in [1.54, 1.807) is 0 Å². The van der Waals surface area contributed by atoms with Gasteiger partial charge in [-0.05, 0) is 55.7 Å². The van der Waals surface area contributed by atoms with Crippen LogP contribution in [0.25, 0.3) is 0 Å². The van der Waals surface area contributed by atoms with E-state index in [0.29, 0.717) is 25.0 Å². The van der Waals surface area contributed by atoms with Gasteiger partial charge in [0, 0.05) is 23.4 Å². The molecule has 2 fully saturated rings. The predicted octanol–water partition coefficient (Wildman–Crippen LogP) is 4.34. The van der Waals surface area contributed by atoms with Crippen LogP contribution in [0.4, 0.5) is 18.9 Å². The average molecular weight is 498 g/mol. The van der Waals surface area contributed by atoms with Crippen LogP contribution in [0.2, 0.25) is 5.02 Å². The summed E-state index contributed by atoms with van der Waals surface area (Å²) in [6.07, 6.45) is 6.94. The molecule has 1 amide bonds. The summed E-state index contributed by atoms with van der Waals surface area (Å²) in [5.41, 5.74) is -1.80. The molecule has 10 heteroatoms. The van der Waals surface area contributed by atoms with Crippen molar-refractivity contribution in [3.8, 4) is 12.3 Å². The number of carbonyl (C=O) groups excluding carboxylic acids is 1. The first-order chi connectivity index (χ1) is 15.4. The number of aliphatic hydroxyl groups is 1. The highest BCUT2D eigenvalue weighted by molar-refractivity contribution is 7.92. The maximum atomic E-state index is 13.5. The first-order valence-corrected chi connectivity index (χ1v) is 12.1. The van der Waals surface area contributed by atoms with Crippen molar-refractivity contribution < 1.29 is 31.5 Å². The van der Waals surface area contributed by atoms with E-state index in [9.17, 15) is 31.5 Å². The minimum absolute atomic E-state index is 0.0809. The van der Waals surface area contributed by atoms with Gasteiger partial charge in [-0.3, -0.25) is 4.79 Å². The summed E-state index contributed by atoms with van der Waals surface area (Å²) in [4.78, 5) is 12.4. The second-order valence-electron chi connectivity index (χ2n) is 8.54. The number of halogens is 4. The molecule has 0 saturated heterocycles. The summed E-state index contributed by atoms with van der Waals surface area (Å²) in [6, 6.07) is 4.83. The molecule has 2 saturated carbocycles. The SMILES string of the molecule is C#C[C@@]1(O)CC2CC[C@@H](C1)[C@H]2S(=O)(=O)c1cc(C(=O)Nc2cc(F)c(F)c(F)c2)ccc1Cl. The van der Waals surface area contributed by atoms with E-state index >= 15 is 0 Å². The number of nitrogens with one attached hydrogen (secondary N) is 1. The van der Waals surface area contributed by atoms with Crippen molar-refractivity contribution in [3.05, 3.63) is 58.4 Å². The van der Waals surface area contributed by atoms with Crippen molar-refractivity contribution in [2.24, 2.45) is 11.8 Å². The zero-order valence-electron chi connectivity index (χ0n) is 17.1. The molecule has 2 aliphatic carbocycles. The van der Waals surface area contributed by atoms with Gasteiger partial charge >= 0.3 is 0 Å². The molecule has 0 aromatic heterocycles. The van der Waals surface area contributed by atoms with Crippen LogP contribution in [0, 0.1) is 41.6 Å². The molecule has 4 rings (SSSR count). The Kier molecular flexibility index (Phi) is 5.97. The Hall–Kier alpha value is -2.54. The van der Waals surface area contributed by atoms with Gasteiger partial charge in [-0.25, -0.2) is 21.6 Å². The molecule has 4 atom stereocenters. The van der Waals surface area contributed by atoms with Gasteiger partial charge in [0.2, 0.25) is 0 Å². The molecule has 2 aromatic carbocycles. The molecule has 2 aliphatic rings. The molecular weight excluding hydrogens is 479 g/mol. The summed E-state index contributed by atoms with van der Waals surface area (Å²) >= 11 is 6.19. The molecule has 1 unspecified atom stereocenters. The van der Waals surface area contributed by atoms with Crippen molar-refractivity contribution in [2.75, 3.05) is 5.32 Å². The predicted molar refractivity (Wildman–Crippen MR) is 116 cm³/mol. The van der Waals surface area contributed by atoms with E-state index in [-0.39, 0.29) is 45.8 Å². The zero-order chi connectivity index (χ0) is 24.1. The summed E-state index contributed by atoms with van der Waals surface area (Å²) < 4.78 is 67.1. The summed E-state index contributed by atoms with van der Waals surface area (Å²) in [7, 11) is -4.00. The Balaban J connectivity index is 1.64. The fraction of sp³-hybridized carbons (Fsp3) is 0.348. The summed E-state index contributed by atoms with van der Waals surface area (Å²) in [5, 5.41) is 11.8. The lowest BCUT2D eigenvalue weighted by atomic mass is 9.78. The van der Waals surface area contributed by atoms with E-state index in [4.69, 9.17) is 18.0 Å². The van der Waals surface area contributed by atoms with E-state index in [1.807, 2.05) is 0 Å². The average Bonchev–Trinajstić information content (AvgIpc) is 3.05. The van der Waals surface area contributed by atoms with Gasteiger partial charge in [0.05, 0.1) is 15.2 Å². The first kappa shape index (κ1) is 23.6. The zero-order valence-corrected chi connectivity index (χ0v) is 18.7. The minimum atomic E-state index is -4.00. The van der Waals surface area contributed by atoms with Gasteiger partial charge in [-0.15, -0.1) is 6.42 Å². The lowest BCUT2D eigenvalue weighted by molar-refractivity contribution is 0.0342. The van der Waals surface area contributed by atoms with Crippen LogP contribution in [-0.4, -0.2) is 30.3 Å². The summed E-state index contributed by atoms with van der Waals surface area (Å²) in [6.45, 7) is 0. The van der Waals surface area contributed by atoms with Crippen LogP contribution in [-0.2, 0) is 9.84 Å². The number of sulfone groups is 1. The Bertz CT molecular complexity index is 1250. The highest BCUT2D eigenvalue weighted by Gasteiger charge is 2.54. The van der Waals surface area contributed by atoms with E-state index in [2.05, 4.69) is 11.2 Å². The third kappa shape index (κ3) is 4.23. The van der Waals surface area contributed by atoms with Gasteiger partial charge < -0.3 is 10.4 Å². The molecule has 0 aliphatic heterocycles. The van der Waals surface area contributed by atoms with E-state index < -0.39 is 44.0 Å². The van der Waals surface area contributed by atoms with Gasteiger partial charge in [-0.2, -0.15) is 0 Å². The normalized spacial score (nSPS) is 26.6. The molecule has 2 bridgehead atoms. The third-order valence-electron chi connectivity index (χ3n) is 6.41. The van der Waals surface area contributed by atoms with Gasteiger partial charge in [0.15, 0.2) is 27.3 Å². The summed E-state index contributed by atoms with van der Waals surface area (Å²) in [5.74, 6) is -3.84. The number of hydrogen-bond donors (Lipinski definition) is 2. The fourth-order valence-electron chi connectivity index (χ4n) is 4.99. The second kappa shape index (κ2) is 8.35. The Morgan fingerprint density at radius 1 is 1.12 bits per heavy atom. The first-order valence-electron chi connectivity index (χ1n) is 10.1. The highest BCUT2D eigenvalue weighted by atomic mass is 35.5. The van der Waals surface area contributed by atoms with Crippen molar-refractivity contribution in [1.29, 1.82) is 0 Å². The molecule has 0 heterocycles. The number of amides is 1. The lowest BCUT2D eigenvalue weighted by Crippen LogP contribution is -2.45. The van der Waals surface area contributed by atoms with Crippen molar-refractivity contribution in [2.45, 2.75) is 41.4 Å². The number of anilines is 1. The largest absolute Gasteiger partial charge is 0.378 e. The second-order valence-corrected chi connectivity index (χ2v) is 11.0. The Morgan fingerprint density at radius 2 is 1.70 bits per heavy atom. The Labute approximate surface area is 193 Å². The monoisotopic (exact) mass is 497 g/mol. The number of benzene rings is 2. The maximum absolute atomic E-state index is 13.5. The number of rotatable bonds is 4. The van der Waals surface area contributed by atoms with Crippen LogP contribution < -0.4 is 5.32 Å². The molecule has 5 nitrogen and oxygen atoms in total. The van der Waals surface area contributed by atoms with Gasteiger partial charge in [0.25, 0.3) is 5.91 Å². The smallest absolute Gasteiger partial charge is 0.255 e. The van der Waals surface area contributed by atoms with Crippen LogP contribution in [0.1, 0.15) is 36.0 Å². The van der Waals surface area contributed by atoms with E-state index in [0.717, 1.165) is 6.07 Å². The number of terminal acetylenes is 1. The molecular formula is C23H19ClF3NO4S. The molecule has 0 radical (unpaired) electrons. The third-order valence-corrected chi connectivity index (χ3v) is 9.28. The maximum Gasteiger partial charge on any atom is 0.255 e. The van der Waals surface area contributed by atoms with Crippen LogP contribution in [0.15, 0.2) is 35.2 Å². The molecule has 2 aromatic rings. The van der Waals surface area contributed by atoms with Crippen LogP contribution >= 0.6 is 11.6 Å².